The average molecular weight is 454 g/mol. The molecule has 0 unspecified atom stereocenters. The molecule has 1 fully saturated rings. The van der Waals surface area contributed by atoms with Gasteiger partial charge in [0.15, 0.2) is 18.3 Å². The number of carbonyl (C=O) groups excluding carboxylic acids is 1. The Bertz CT molecular complexity index is 1080. The summed E-state index contributed by atoms with van der Waals surface area (Å²) < 4.78 is 26.2. The van der Waals surface area contributed by atoms with E-state index >= 15 is 4.39 Å². The summed E-state index contributed by atoms with van der Waals surface area (Å²) in [6.45, 7) is 2.22. The SMILES string of the molecule is CN/C=C\C(=N)c1ccc(Cc2cc3c(c(F)c2C)OCN([C@H]2COCC[C@@H]2O)C3=O)cc1. The molecule has 8 heteroatoms. The summed E-state index contributed by atoms with van der Waals surface area (Å²) in [7, 11) is 1.77. The van der Waals surface area contributed by atoms with E-state index in [1.54, 1.807) is 32.3 Å². The number of fused-ring (bicyclic) bond motifs is 1. The first-order valence-electron chi connectivity index (χ1n) is 10.9. The second-order valence-corrected chi connectivity index (χ2v) is 8.31. The highest BCUT2D eigenvalue weighted by atomic mass is 19.1. The molecule has 1 saturated heterocycles. The molecule has 2 atom stereocenters. The number of benzene rings is 2. The zero-order valence-corrected chi connectivity index (χ0v) is 18.7. The van der Waals surface area contributed by atoms with E-state index in [9.17, 15) is 9.90 Å². The zero-order valence-electron chi connectivity index (χ0n) is 18.7. The predicted molar refractivity (Wildman–Crippen MR) is 122 cm³/mol. The monoisotopic (exact) mass is 453 g/mol. The number of amides is 1. The molecule has 2 aromatic carbocycles. The number of halogens is 1. The van der Waals surface area contributed by atoms with E-state index in [0.717, 1.165) is 11.1 Å². The lowest BCUT2D eigenvalue weighted by molar-refractivity contribution is -0.0700. The lowest BCUT2D eigenvalue weighted by atomic mass is 9.94. The van der Waals surface area contributed by atoms with Gasteiger partial charge < -0.3 is 25.3 Å². The van der Waals surface area contributed by atoms with E-state index in [1.807, 2.05) is 24.3 Å². The number of hydrogen-bond donors (Lipinski definition) is 3. The minimum absolute atomic E-state index is 0.0381. The highest BCUT2D eigenvalue weighted by molar-refractivity contribution is 6.06. The number of rotatable bonds is 6. The van der Waals surface area contributed by atoms with Crippen molar-refractivity contribution in [1.29, 1.82) is 5.41 Å². The third-order valence-electron chi connectivity index (χ3n) is 6.18. The normalized spacial score (nSPS) is 20.5. The van der Waals surface area contributed by atoms with Gasteiger partial charge in [-0.1, -0.05) is 24.3 Å². The zero-order chi connectivity index (χ0) is 23.5. The van der Waals surface area contributed by atoms with Crippen LogP contribution in [0.15, 0.2) is 42.6 Å². The first-order valence-corrected chi connectivity index (χ1v) is 10.9. The van der Waals surface area contributed by atoms with Crippen molar-refractivity contribution in [2.24, 2.45) is 0 Å². The molecule has 0 saturated carbocycles. The van der Waals surface area contributed by atoms with Crippen LogP contribution < -0.4 is 10.1 Å². The molecule has 7 nitrogen and oxygen atoms in total. The van der Waals surface area contributed by atoms with Gasteiger partial charge in [0, 0.05) is 13.7 Å². The Morgan fingerprint density at radius 2 is 2.12 bits per heavy atom. The van der Waals surface area contributed by atoms with Gasteiger partial charge >= 0.3 is 0 Å². The van der Waals surface area contributed by atoms with Gasteiger partial charge in [0.1, 0.15) is 0 Å². The molecule has 2 aliphatic heterocycles. The van der Waals surface area contributed by atoms with Gasteiger partial charge in [0.05, 0.1) is 30.0 Å². The number of nitrogens with one attached hydrogen (secondary N) is 2. The molecule has 0 bridgehead atoms. The Balaban J connectivity index is 1.58. The van der Waals surface area contributed by atoms with Crippen LogP contribution in [0, 0.1) is 18.2 Å². The lowest BCUT2D eigenvalue weighted by Gasteiger charge is -2.39. The van der Waals surface area contributed by atoms with Crippen molar-refractivity contribution in [3.63, 3.8) is 0 Å². The highest BCUT2D eigenvalue weighted by Crippen LogP contribution is 2.34. The van der Waals surface area contributed by atoms with Crippen LogP contribution in [0.3, 0.4) is 0 Å². The van der Waals surface area contributed by atoms with Crippen molar-refractivity contribution in [1.82, 2.24) is 10.2 Å². The topological polar surface area (TPSA) is 94.9 Å². The van der Waals surface area contributed by atoms with Crippen LogP contribution >= 0.6 is 0 Å². The number of aliphatic hydroxyl groups is 1. The molecule has 0 aromatic heterocycles. The smallest absolute Gasteiger partial charge is 0.260 e. The van der Waals surface area contributed by atoms with Crippen molar-refractivity contribution in [3.05, 3.63) is 76.2 Å². The van der Waals surface area contributed by atoms with Crippen LogP contribution in [0.1, 0.15) is 39.0 Å². The third kappa shape index (κ3) is 4.62. The molecule has 174 valence electrons. The molecule has 0 spiro atoms. The van der Waals surface area contributed by atoms with Crippen LogP contribution in [0.2, 0.25) is 0 Å². The molecule has 2 heterocycles. The van der Waals surface area contributed by atoms with Crippen molar-refractivity contribution in [2.45, 2.75) is 31.9 Å². The minimum Gasteiger partial charge on any atom is -0.469 e. The van der Waals surface area contributed by atoms with Gasteiger partial charge in [-0.2, -0.15) is 0 Å². The Morgan fingerprint density at radius 1 is 1.36 bits per heavy atom. The number of ether oxygens (including phenoxy) is 2. The first kappa shape index (κ1) is 22.9. The molecule has 0 aliphatic carbocycles. The van der Waals surface area contributed by atoms with E-state index in [2.05, 4.69) is 5.32 Å². The fourth-order valence-electron chi connectivity index (χ4n) is 4.15. The largest absolute Gasteiger partial charge is 0.469 e. The Labute approximate surface area is 192 Å². The molecule has 2 aromatic rings. The summed E-state index contributed by atoms with van der Waals surface area (Å²) in [5, 5.41) is 21.2. The lowest BCUT2D eigenvalue weighted by Crippen LogP contribution is -2.55. The van der Waals surface area contributed by atoms with Crippen molar-refractivity contribution >= 4 is 11.6 Å². The van der Waals surface area contributed by atoms with Crippen LogP contribution in [-0.4, -0.2) is 60.8 Å². The summed E-state index contributed by atoms with van der Waals surface area (Å²) in [4.78, 5) is 14.6. The average Bonchev–Trinajstić information content (AvgIpc) is 2.82. The van der Waals surface area contributed by atoms with Gasteiger partial charge in [-0.3, -0.25) is 9.69 Å². The molecule has 1 amide bonds. The van der Waals surface area contributed by atoms with Gasteiger partial charge in [-0.15, -0.1) is 0 Å². The Hall–Kier alpha value is -3.23. The first-order chi connectivity index (χ1) is 15.9. The maximum Gasteiger partial charge on any atom is 0.260 e. The van der Waals surface area contributed by atoms with E-state index in [4.69, 9.17) is 14.9 Å². The Kier molecular flexibility index (Phi) is 6.76. The molecule has 33 heavy (non-hydrogen) atoms. The fourth-order valence-corrected chi connectivity index (χ4v) is 4.15. The van der Waals surface area contributed by atoms with Crippen molar-refractivity contribution in [3.8, 4) is 5.75 Å². The van der Waals surface area contributed by atoms with Crippen molar-refractivity contribution in [2.75, 3.05) is 27.0 Å². The molecule has 2 aliphatic rings. The van der Waals surface area contributed by atoms with Crippen LogP contribution in [0.4, 0.5) is 4.39 Å². The fraction of sp³-hybridized carbons (Fsp3) is 0.360. The van der Waals surface area contributed by atoms with E-state index in [0.29, 0.717) is 36.3 Å². The van der Waals surface area contributed by atoms with Crippen LogP contribution in [0.5, 0.6) is 5.75 Å². The van der Waals surface area contributed by atoms with Gasteiger partial charge in [-0.25, -0.2) is 4.39 Å². The second kappa shape index (κ2) is 9.72. The number of allylic oxidation sites excluding steroid dienone is 1. The van der Waals surface area contributed by atoms with E-state index in [-0.39, 0.29) is 30.6 Å². The number of nitrogens with zero attached hydrogens (tertiary/aromatic N) is 1. The summed E-state index contributed by atoms with van der Waals surface area (Å²) in [5.74, 6) is -0.943. The quantitative estimate of drug-likeness (QED) is 0.585. The predicted octanol–water partition coefficient (Wildman–Crippen LogP) is 2.77. The number of aliphatic hydroxyl groups excluding tert-OH is 1. The van der Waals surface area contributed by atoms with Crippen LogP contribution in [-0.2, 0) is 11.2 Å². The maximum absolute atomic E-state index is 15.1. The number of hydrogen-bond acceptors (Lipinski definition) is 6. The molecule has 3 N–H and O–H groups in total. The van der Waals surface area contributed by atoms with Gasteiger partial charge in [0.25, 0.3) is 5.91 Å². The van der Waals surface area contributed by atoms with Gasteiger partial charge in [-0.05, 0) is 60.4 Å². The highest BCUT2D eigenvalue weighted by Gasteiger charge is 2.38. The molecular weight excluding hydrogens is 425 g/mol. The van der Waals surface area contributed by atoms with Crippen LogP contribution in [0.25, 0.3) is 0 Å². The Morgan fingerprint density at radius 3 is 2.82 bits per heavy atom. The molecular formula is C25H28FN3O4. The maximum atomic E-state index is 15.1. The molecule has 0 radical (unpaired) electrons. The van der Waals surface area contributed by atoms with Crippen molar-refractivity contribution < 1.29 is 23.8 Å². The number of carbonyl (C=O) groups is 1. The second-order valence-electron chi connectivity index (χ2n) is 8.31. The van der Waals surface area contributed by atoms with E-state index < -0.39 is 18.0 Å². The van der Waals surface area contributed by atoms with E-state index in [1.165, 1.54) is 4.90 Å². The minimum atomic E-state index is -0.706. The summed E-state index contributed by atoms with van der Waals surface area (Å²) in [6, 6.07) is 8.66. The summed E-state index contributed by atoms with van der Waals surface area (Å²) >= 11 is 0. The summed E-state index contributed by atoms with van der Waals surface area (Å²) in [5.41, 5.74) is 3.36. The molecule has 4 rings (SSSR count). The third-order valence-corrected chi connectivity index (χ3v) is 6.18. The summed E-state index contributed by atoms with van der Waals surface area (Å²) in [6.07, 6.45) is 3.52. The standard InChI is InChI=1S/C25H28FN3O4/c1-15-18(11-16-3-5-17(6-4-16)20(27)7-9-28-2)12-19-24(23(15)26)33-14-29(25(19)31)21-13-32-10-8-22(21)30/h3-7,9,12,21-22,27-28,30H,8,10-11,13-14H2,1-2H3/b9-7-,27-20?/t21-,22-/m0/s1. The van der Waals surface area contributed by atoms with Gasteiger partial charge in [0.2, 0.25) is 0 Å².